The molecule has 0 bridgehead atoms. The van der Waals surface area contributed by atoms with Gasteiger partial charge in [-0.2, -0.15) is 0 Å². The Labute approximate surface area is 143 Å². The molecular weight excluding hydrogens is 348 g/mol. The van der Waals surface area contributed by atoms with Gasteiger partial charge in [-0.05, 0) is 6.92 Å². The Bertz CT molecular complexity index is 327. The van der Waals surface area contributed by atoms with E-state index < -0.39 is 67.8 Å². The van der Waals surface area contributed by atoms with Crippen LogP contribution in [0.15, 0.2) is 0 Å². The molecule has 0 aromatic rings. The van der Waals surface area contributed by atoms with Crippen molar-refractivity contribution < 1.29 is 60.9 Å². The fourth-order valence-corrected chi connectivity index (χ4v) is 2.37. The summed E-state index contributed by atoms with van der Waals surface area (Å²) in [5, 5.41) is 81.0. The van der Waals surface area contributed by atoms with Crippen molar-refractivity contribution in [1.82, 2.24) is 0 Å². The van der Waals surface area contributed by atoms with Crippen LogP contribution in [-0.4, -0.2) is 126 Å². The zero-order valence-corrected chi connectivity index (χ0v) is 13.5. The molecule has 152 valence electrons. The van der Waals surface area contributed by atoms with Crippen molar-refractivity contribution in [2.45, 2.75) is 68.1 Å². The molecule has 2 rings (SSSR count). The molecule has 0 aromatic heterocycles. The summed E-state index contributed by atoms with van der Waals surface area (Å²) >= 11 is 0. The van der Waals surface area contributed by atoms with Crippen LogP contribution in [0.1, 0.15) is 6.92 Å². The van der Waals surface area contributed by atoms with Gasteiger partial charge >= 0.3 is 0 Å². The van der Waals surface area contributed by atoms with E-state index in [1.54, 1.807) is 6.92 Å². The molecule has 2 heterocycles. The first-order chi connectivity index (χ1) is 11.1. The molecule has 0 saturated carbocycles. The van der Waals surface area contributed by atoms with Crippen LogP contribution in [0, 0.1) is 0 Å². The Kier molecular flexibility index (Phi) is 10.4. The van der Waals surface area contributed by atoms with Gasteiger partial charge in [0, 0.05) is 0 Å². The third-order valence-electron chi connectivity index (χ3n) is 4.00. The van der Waals surface area contributed by atoms with Crippen LogP contribution in [-0.2, 0) is 9.47 Å². The number of ether oxygens (including phenoxy) is 2. The minimum atomic E-state index is -1.57. The molecule has 12 heteroatoms. The molecule has 0 aromatic carbocycles. The summed E-state index contributed by atoms with van der Waals surface area (Å²) < 4.78 is 9.60. The second kappa shape index (κ2) is 10.6. The van der Waals surface area contributed by atoms with Gasteiger partial charge in [0.05, 0.1) is 19.3 Å². The van der Waals surface area contributed by atoms with E-state index in [0.29, 0.717) is 0 Å². The van der Waals surface area contributed by atoms with Crippen LogP contribution in [0.3, 0.4) is 0 Å². The van der Waals surface area contributed by atoms with Gasteiger partial charge in [0.1, 0.15) is 48.8 Å². The SMILES string of the molecule is CC1O[C@H](CO)[C@@H](O)[C@H](O)[C@H]1O.O.OC[C@H]1O[C@H](O)[C@H](O)[C@@H](O)[C@@H]1O. The highest BCUT2D eigenvalue weighted by atomic mass is 16.6. The lowest BCUT2D eigenvalue weighted by atomic mass is 9.96. The molecule has 1 unspecified atom stereocenters. The van der Waals surface area contributed by atoms with Gasteiger partial charge in [0.2, 0.25) is 0 Å². The maximum atomic E-state index is 9.23. The monoisotopic (exact) mass is 376 g/mol. The lowest BCUT2D eigenvalue weighted by molar-refractivity contribution is -0.286. The predicted octanol–water partition coefficient (Wildman–Crippen LogP) is -6.20. The largest absolute Gasteiger partial charge is 0.412 e. The Morgan fingerprint density at radius 1 is 0.600 bits per heavy atom. The number of hydrogen-bond donors (Lipinski definition) is 9. The first-order valence-electron chi connectivity index (χ1n) is 7.44. The molecule has 25 heavy (non-hydrogen) atoms. The number of rotatable bonds is 2. The summed E-state index contributed by atoms with van der Waals surface area (Å²) in [6, 6.07) is 0. The van der Waals surface area contributed by atoms with Crippen molar-refractivity contribution in [3.05, 3.63) is 0 Å². The first-order valence-corrected chi connectivity index (χ1v) is 7.44. The zero-order chi connectivity index (χ0) is 18.6. The minimum absolute atomic E-state index is 0. The molecule has 0 spiro atoms. The predicted molar refractivity (Wildman–Crippen MR) is 79.0 cm³/mol. The van der Waals surface area contributed by atoms with Gasteiger partial charge in [-0.1, -0.05) is 0 Å². The molecule has 2 fully saturated rings. The second-order valence-electron chi connectivity index (χ2n) is 5.75. The van der Waals surface area contributed by atoms with Crippen LogP contribution in [0.4, 0.5) is 0 Å². The van der Waals surface area contributed by atoms with Gasteiger partial charge in [-0.25, -0.2) is 0 Å². The van der Waals surface area contributed by atoms with E-state index in [1.807, 2.05) is 0 Å². The smallest absolute Gasteiger partial charge is 0.184 e. The molecule has 2 saturated heterocycles. The topological polar surface area (TPSA) is 232 Å². The van der Waals surface area contributed by atoms with Crippen molar-refractivity contribution >= 4 is 0 Å². The van der Waals surface area contributed by atoms with Gasteiger partial charge in [0.25, 0.3) is 0 Å². The quantitative estimate of drug-likeness (QED) is 0.220. The Morgan fingerprint density at radius 3 is 1.44 bits per heavy atom. The van der Waals surface area contributed by atoms with Gasteiger partial charge in [-0.3, -0.25) is 0 Å². The third kappa shape index (κ3) is 5.75. The van der Waals surface area contributed by atoms with Crippen molar-refractivity contribution in [2.75, 3.05) is 13.2 Å². The van der Waals surface area contributed by atoms with Crippen LogP contribution in [0.25, 0.3) is 0 Å². The average molecular weight is 376 g/mol. The highest BCUT2D eigenvalue weighted by Gasteiger charge is 2.42. The standard InChI is InChI=1S/C7H14O5.C6H12O6.H2O/c1-3-5(9)7(11)6(10)4(2-8)12-3;7-1-2-3(8)4(9)5(10)6(11)12-2;/h3-11H,2H2,1H3;2-11H,1H2;1H2/t3?,4-,5+,6-,7-;2-,3-,4+,5-,6+;/m11./s1. The van der Waals surface area contributed by atoms with Gasteiger partial charge in [-0.15, -0.1) is 0 Å². The fraction of sp³-hybridized carbons (Fsp3) is 1.00. The van der Waals surface area contributed by atoms with E-state index in [-0.39, 0.29) is 12.1 Å². The number of hydrogen-bond acceptors (Lipinski definition) is 11. The molecular formula is C13H28O12. The minimum Gasteiger partial charge on any atom is -0.412 e. The normalized spacial score (nSPS) is 47.3. The molecule has 0 amide bonds. The summed E-state index contributed by atoms with van der Waals surface area (Å²) in [7, 11) is 0. The summed E-state index contributed by atoms with van der Waals surface area (Å²) in [5.74, 6) is 0. The molecule has 10 atom stereocenters. The van der Waals surface area contributed by atoms with Crippen molar-refractivity contribution in [3.8, 4) is 0 Å². The van der Waals surface area contributed by atoms with E-state index >= 15 is 0 Å². The number of aliphatic hydroxyl groups is 9. The summed E-state index contributed by atoms with van der Waals surface area (Å²) in [5.41, 5.74) is 0. The Morgan fingerprint density at radius 2 is 1.00 bits per heavy atom. The van der Waals surface area contributed by atoms with Crippen molar-refractivity contribution in [3.63, 3.8) is 0 Å². The number of aliphatic hydroxyl groups excluding tert-OH is 9. The summed E-state index contributed by atoms with van der Waals surface area (Å²) in [6.45, 7) is 0.680. The van der Waals surface area contributed by atoms with Crippen LogP contribution < -0.4 is 0 Å². The van der Waals surface area contributed by atoms with E-state index in [0.717, 1.165) is 0 Å². The van der Waals surface area contributed by atoms with Crippen molar-refractivity contribution in [2.24, 2.45) is 0 Å². The Hall–Kier alpha value is -0.480. The second-order valence-corrected chi connectivity index (χ2v) is 5.75. The van der Waals surface area contributed by atoms with Gasteiger partial charge in [0.15, 0.2) is 6.29 Å². The maximum Gasteiger partial charge on any atom is 0.184 e. The Balaban J connectivity index is 0.000000443. The highest BCUT2D eigenvalue weighted by molar-refractivity contribution is 4.90. The molecule has 2 aliphatic heterocycles. The fourth-order valence-electron chi connectivity index (χ4n) is 2.37. The van der Waals surface area contributed by atoms with E-state index in [2.05, 4.69) is 4.74 Å². The third-order valence-corrected chi connectivity index (χ3v) is 4.00. The van der Waals surface area contributed by atoms with E-state index in [4.69, 9.17) is 35.4 Å². The lowest BCUT2D eigenvalue weighted by Crippen LogP contribution is -2.58. The van der Waals surface area contributed by atoms with Crippen LogP contribution in [0.5, 0.6) is 0 Å². The average Bonchev–Trinajstić information content (AvgIpc) is 2.58. The molecule has 0 aliphatic carbocycles. The lowest BCUT2D eigenvalue weighted by Gasteiger charge is -2.38. The van der Waals surface area contributed by atoms with E-state index in [1.165, 1.54) is 0 Å². The first kappa shape index (κ1) is 24.5. The zero-order valence-electron chi connectivity index (χ0n) is 13.5. The molecule has 2 aliphatic rings. The highest BCUT2D eigenvalue weighted by Crippen LogP contribution is 2.20. The van der Waals surface area contributed by atoms with Crippen LogP contribution in [0.2, 0.25) is 0 Å². The van der Waals surface area contributed by atoms with E-state index in [9.17, 15) is 15.3 Å². The molecule has 12 nitrogen and oxygen atoms in total. The van der Waals surface area contributed by atoms with Gasteiger partial charge < -0.3 is 60.9 Å². The maximum absolute atomic E-state index is 9.23. The summed E-state index contributed by atoms with van der Waals surface area (Å²) in [6.07, 6.45) is -12.0. The van der Waals surface area contributed by atoms with Crippen molar-refractivity contribution in [1.29, 1.82) is 0 Å². The van der Waals surface area contributed by atoms with Crippen LogP contribution >= 0.6 is 0 Å². The molecule has 11 N–H and O–H groups in total. The summed E-state index contributed by atoms with van der Waals surface area (Å²) in [4.78, 5) is 0. The molecule has 0 radical (unpaired) electrons.